The Morgan fingerprint density at radius 1 is 1.50 bits per heavy atom. The molecular weight excluding hydrogens is 224 g/mol. The minimum absolute atomic E-state index is 0.0637. The number of nitrogens with two attached hydrogens (primary N) is 1. The van der Waals surface area contributed by atoms with Gasteiger partial charge < -0.3 is 10.6 Å². The van der Waals surface area contributed by atoms with Crippen molar-refractivity contribution in [2.24, 2.45) is 5.92 Å². The maximum atomic E-state index is 8.26. The third-order valence-corrected chi connectivity index (χ3v) is 3.76. The molecule has 1 aromatic carbocycles. The Hall–Kier alpha value is -1.84. The van der Waals surface area contributed by atoms with E-state index >= 15 is 0 Å². The lowest BCUT2D eigenvalue weighted by Gasteiger charge is -2.36. The SMILES string of the molecule is CN(C=N)C(=N)C(c1cccc(N)c1)C1CCC1. The number of amidine groups is 1. The van der Waals surface area contributed by atoms with Gasteiger partial charge >= 0.3 is 0 Å². The summed E-state index contributed by atoms with van der Waals surface area (Å²) >= 11 is 0. The van der Waals surface area contributed by atoms with Gasteiger partial charge in [0.15, 0.2) is 0 Å². The summed E-state index contributed by atoms with van der Waals surface area (Å²) < 4.78 is 0. The Morgan fingerprint density at radius 2 is 2.22 bits per heavy atom. The second-order valence-corrected chi connectivity index (χ2v) is 4.96. The first-order chi connectivity index (χ1) is 8.63. The molecule has 0 saturated heterocycles. The van der Waals surface area contributed by atoms with Gasteiger partial charge in [-0.3, -0.25) is 10.8 Å². The predicted molar refractivity (Wildman–Crippen MR) is 75.2 cm³/mol. The molecule has 2 rings (SSSR count). The Bertz CT molecular complexity index is 451. The second-order valence-electron chi connectivity index (χ2n) is 4.96. The van der Waals surface area contributed by atoms with Crippen LogP contribution in [-0.4, -0.2) is 24.1 Å². The van der Waals surface area contributed by atoms with Crippen LogP contribution in [-0.2, 0) is 0 Å². The standard InChI is InChI=1S/C14H20N4/c1-18(9-15)14(17)13(10-4-2-5-10)11-6-3-7-12(16)8-11/h3,6-10,13,15,17H,2,4-5,16H2,1H3. The first-order valence-corrected chi connectivity index (χ1v) is 6.30. The molecule has 0 amide bonds. The quantitative estimate of drug-likeness (QED) is 0.432. The fourth-order valence-electron chi connectivity index (χ4n) is 2.47. The van der Waals surface area contributed by atoms with Crippen LogP contribution in [0.25, 0.3) is 0 Å². The molecular formula is C14H20N4. The molecule has 4 heteroatoms. The van der Waals surface area contributed by atoms with E-state index in [9.17, 15) is 0 Å². The smallest absolute Gasteiger partial charge is 0.109 e. The van der Waals surface area contributed by atoms with Gasteiger partial charge in [0.05, 0.1) is 6.34 Å². The van der Waals surface area contributed by atoms with E-state index in [1.165, 1.54) is 12.8 Å². The van der Waals surface area contributed by atoms with E-state index in [4.69, 9.17) is 16.6 Å². The Morgan fingerprint density at radius 3 is 2.72 bits per heavy atom. The van der Waals surface area contributed by atoms with Crippen LogP contribution in [0.3, 0.4) is 0 Å². The maximum Gasteiger partial charge on any atom is 0.109 e. The molecule has 0 radical (unpaired) electrons. The number of nitrogen functional groups attached to an aromatic ring is 1. The van der Waals surface area contributed by atoms with E-state index in [2.05, 4.69) is 0 Å². The molecule has 1 saturated carbocycles. The van der Waals surface area contributed by atoms with Crippen molar-refractivity contribution in [3.05, 3.63) is 29.8 Å². The van der Waals surface area contributed by atoms with Crippen LogP contribution in [0, 0.1) is 16.7 Å². The minimum Gasteiger partial charge on any atom is -0.399 e. The minimum atomic E-state index is 0.0637. The van der Waals surface area contributed by atoms with Gasteiger partial charge in [0.25, 0.3) is 0 Å². The van der Waals surface area contributed by atoms with Crippen molar-refractivity contribution in [2.45, 2.75) is 25.2 Å². The van der Waals surface area contributed by atoms with Crippen LogP contribution in [0.1, 0.15) is 30.7 Å². The van der Waals surface area contributed by atoms with Gasteiger partial charge in [-0.1, -0.05) is 18.6 Å². The van der Waals surface area contributed by atoms with Gasteiger partial charge in [0.2, 0.25) is 0 Å². The molecule has 4 N–H and O–H groups in total. The topological polar surface area (TPSA) is 77.0 Å². The molecule has 0 heterocycles. The zero-order valence-corrected chi connectivity index (χ0v) is 10.7. The average molecular weight is 244 g/mol. The molecule has 18 heavy (non-hydrogen) atoms. The lowest BCUT2D eigenvalue weighted by atomic mass is 9.72. The fourth-order valence-corrected chi connectivity index (χ4v) is 2.47. The summed E-state index contributed by atoms with van der Waals surface area (Å²) in [5.74, 6) is 1.07. The number of hydrogen-bond acceptors (Lipinski definition) is 3. The summed E-state index contributed by atoms with van der Waals surface area (Å²) in [7, 11) is 1.76. The van der Waals surface area contributed by atoms with Crippen molar-refractivity contribution >= 4 is 17.9 Å². The lowest BCUT2D eigenvalue weighted by Crippen LogP contribution is -2.36. The van der Waals surface area contributed by atoms with E-state index in [-0.39, 0.29) is 5.92 Å². The first kappa shape index (κ1) is 12.6. The molecule has 0 aromatic heterocycles. The first-order valence-electron chi connectivity index (χ1n) is 6.30. The molecule has 96 valence electrons. The van der Waals surface area contributed by atoms with E-state index in [1.807, 2.05) is 24.3 Å². The highest BCUT2D eigenvalue weighted by Gasteiger charge is 2.32. The predicted octanol–water partition coefficient (Wildman–Crippen LogP) is 2.67. The number of nitrogens with one attached hydrogen (secondary N) is 2. The van der Waals surface area contributed by atoms with Crippen molar-refractivity contribution in [3.8, 4) is 0 Å². The molecule has 0 spiro atoms. The molecule has 4 nitrogen and oxygen atoms in total. The maximum absolute atomic E-state index is 8.26. The fraction of sp³-hybridized carbons (Fsp3) is 0.429. The zero-order valence-electron chi connectivity index (χ0n) is 10.7. The van der Waals surface area contributed by atoms with Gasteiger partial charge in [0, 0.05) is 18.7 Å². The monoisotopic (exact) mass is 244 g/mol. The summed E-state index contributed by atoms with van der Waals surface area (Å²) in [4.78, 5) is 1.58. The molecule has 0 bridgehead atoms. The third kappa shape index (κ3) is 2.37. The van der Waals surface area contributed by atoms with Crippen LogP contribution in [0.2, 0.25) is 0 Å². The molecule has 1 aromatic rings. The van der Waals surface area contributed by atoms with Gasteiger partial charge in [0.1, 0.15) is 5.84 Å². The van der Waals surface area contributed by atoms with Crippen LogP contribution < -0.4 is 5.73 Å². The van der Waals surface area contributed by atoms with Crippen molar-refractivity contribution < 1.29 is 0 Å². The number of likely N-dealkylation sites (N-methyl/N-ethyl adjacent to an activating group) is 1. The van der Waals surface area contributed by atoms with Crippen molar-refractivity contribution in [3.63, 3.8) is 0 Å². The molecule has 1 fully saturated rings. The number of rotatable bonds is 4. The van der Waals surface area contributed by atoms with Crippen molar-refractivity contribution in [1.82, 2.24) is 4.90 Å². The van der Waals surface area contributed by atoms with Crippen LogP contribution in [0.5, 0.6) is 0 Å². The van der Waals surface area contributed by atoms with Gasteiger partial charge in [-0.15, -0.1) is 0 Å². The molecule has 1 aliphatic rings. The third-order valence-electron chi connectivity index (χ3n) is 3.76. The van der Waals surface area contributed by atoms with Crippen LogP contribution >= 0.6 is 0 Å². The molecule has 1 unspecified atom stereocenters. The molecule has 0 aliphatic heterocycles. The Balaban J connectivity index is 2.30. The normalized spacial score (nSPS) is 16.7. The van der Waals surface area contributed by atoms with E-state index < -0.39 is 0 Å². The highest BCUT2D eigenvalue weighted by atomic mass is 15.1. The summed E-state index contributed by atoms with van der Waals surface area (Å²) in [6.45, 7) is 0. The summed E-state index contributed by atoms with van der Waals surface area (Å²) in [5, 5.41) is 15.5. The number of anilines is 1. The van der Waals surface area contributed by atoms with E-state index in [1.54, 1.807) is 11.9 Å². The van der Waals surface area contributed by atoms with Crippen LogP contribution in [0.4, 0.5) is 5.69 Å². The molecule has 1 atom stereocenters. The average Bonchev–Trinajstić information content (AvgIpc) is 2.31. The number of benzene rings is 1. The van der Waals surface area contributed by atoms with E-state index in [0.717, 1.165) is 24.1 Å². The molecule has 1 aliphatic carbocycles. The zero-order chi connectivity index (χ0) is 13.1. The largest absolute Gasteiger partial charge is 0.399 e. The van der Waals surface area contributed by atoms with Crippen molar-refractivity contribution in [2.75, 3.05) is 12.8 Å². The summed E-state index contributed by atoms with van der Waals surface area (Å²) in [6.07, 6.45) is 4.76. The number of nitrogens with zero attached hydrogens (tertiary/aromatic N) is 1. The van der Waals surface area contributed by atoms with Crippen LogP contribution in [0.15, 0.2) is 24.3 Å². The van der Waals surface area contributed by atoms with Crippen molar-refractivity contribution in [1.29, 1.82) is 10.8 Å². The lowest BCUT2D eigenvalue weighted by molar-refractivity contribution is 0.291. The van der Waals surface area contributed by atoms with Gasteiger partial charge in [-0.05, 0) is 36.5 Å². The van der Waals surface area contributed by atoms with Gasteiger partial charge in [-0.25, -0.2) is 0 Å². The summed E-state index contributed by atoms with van der Waals surface area (Å²) in [6, 6.07) is 7.79. The summed E-state index contributed by atoms with van der Waals surface area (Å²) in [5.41, 5.74) is 7.67. The van der Waals surface area contributed by atoms with Gasteiger partial charge in [-0.2, -0.15) is 0 Å². The Kier molecular flexibility index (Phi) is 3.65. The highest BCUT2D eigenvalue weighted by molar-refractivity contribution is 5.94. The highest BCUT2D eigenvalue weighted by Crippen LogP contribution is 2.40. The van der Waals surface area contributed by atoms with E-state index in [0.29, 0.717) is 11.8 Å². The Labute approximate surface area is 108 Å². The second kappa shape index (κ2) is 5.21. The number of hydrogen-bond donors (Lipinski definition) is 3.